The minimum absolute atomic E-state index is 0. The summed E-state index contributed by atoms with van der Waals surface area (Å²) in [5.41, 5.74) is 11.6. The van der Waals surface area contributed by atoms with Crippen molar-refractivity contribution in [2.75, 3.05) is 0 Å². The fraction of sp³-hybridized carbons (Fsp3) is 0.0750. The minimum Gasteiger partial charge on any atom is -0.500 e. The second-order valence-corrected chi connectivity index (χ2v) is 10.9. The average molecular weight is 760 g/mol. The molecule has 4 nitrogen and oxygen atoms in total. The molecule has 8 rings (SSSR count). The van der Waals surface area contributed by atoms with Crippen LogP contribution >= 0.6 is 0 Å². The number of rotatable bonds is 3. The van der Waals surface area contributed by atoms with Crippen LogP contribution in [0.5, 0.6) is 0 Å². The van der Waals surface area contributed by atoms with E-state index in [0.29, 0.717) is 0 Å². The van der Waals surface area contributed by atoms with E-state index >= 15 is 0 Å². The van der Waals surface area contributed by atoms with E-state index in [2.05, 4.69) is 102 Å². The maximum atomic E-state index is 6.24. The van der Waals surface area contributed by atoms with Crippen molar-refractivity contribution in [3.05, 3.63) is 151 Å². The molecule has 4 aromatic carbocycles. The summed E-state index contributed by atoms with van der Waals surface area (Å²) < 4.78 is 6.24. The van der Waals surface area contributed by atoms with Gasteiger partial charge in [-0.25, -0.2) is 0 Å². The van der Waals surface area contributed by atoms with Crippen molar-refractivity contribution in [3.8, 4) is 33.6 Å². The molecule has 4 aromatic heterocycles. The Balaban J connectivity index is 0.000000156. The molecule has 0 saturated heterocycles. The zero-order chi connectivity index (χ0) is 30.0. The van der Waals surface area contributed by atoms with Gasteiger partial charge in [0.25, 0.3) is 0 Å². The smallest absolute Gasteiger partial charge is 0.130 e. The molecule has 4 heterocycles. The van der Waals surface area contributed by atoms with Crippen LogP contribution in [0.15, 0.2) is 126 Å². The van der Waals surface area contributed by atoms with Gasteiger partial charge in [0.15, 0.2) is 0 Å². The Bertz CT molecular complexity index is 2260. The monoisotopic (exact) mass is 760 g/mol. The van der Waals surface area contributed by atoms with Crippen molar-refractivity contribution in [2.24, 2.45) is 0 Å². The first-order chi connectivity index (χ1) is 21.6. The van der Waals surface area contributed by atoms with Gasteiger partial charge >= 0.3 is 0 Å². The van der Waals surface area contributed by atoms with Crippen molar-refractivity contribution in [3.63, 3.8) is 0 Å². The van der Waals surface area contributed by atoms with Crippen LogP contribution in [-0.4, -0.2) is 15.0 Å². The maximum absolute atomic E-state index is 6.24. The molecule has 0 atom stereocenters. The standard InChI is InChI=1S/C20H11N2O.C20H18N.Ir/c1-2-10-22-18(6-1)16-5-3-4-14-15-8-7-13-9-11-21-12-17(13)20(15)23-19(14)16;1-14-9-10-18(20-11-15(2)16(3)13-21-20)12-19(14)17-7-5-4-6-8-17;/h1-4,6-12H;4-9,11-13H,1-3H3;/q2*-1;. The molecule has 0 unspecified atom stereocenters. The summed E-state index contributed by atoms with van der Waals surface area (Å²) in [7, 11) is 0. The van der Waals surface area contributed by atoms with Crippen molar-refractivity contribution in [1.82, 2.24) is 15.0 Å². The molecular formula is C40H29IrN3O-2. The quantitative estimate of drug-likeness (QED) is 0.168. The largest absolute Gasteiger partial charge is 0.500 e. The third-order valence-corrected chi connectivity index (χ3v) is 8.03. The van der Waals surface area contributed by atoms with E-state index in [9.17, 15) is 0 Å². The van der Waals surface area contributed by atoms with Crippen molar-refractivity contribution in [1.29, 1.82) is 0 Å². The van der Waals surface area contributed by atoms with Gasteiger partial charge < -0.3 is 14.4 Å². The average Bonchev–Trinajstić information content (AvgIpc) is 3.47. The van der Waals surface area contributed by atoms with Gasteiger partial charge in [-0.05, 0) is 53.9 Å². The predicted octanol–water partition coefficient (Wildman–Crippen LogP) is 10.1. The van der Waals surface area contributed by atoms with E-state index < -0.39 is 0 Å². The van der Waals surface area contributed by atoms with Gasteiger partial charge in [-0.15, -0.1) is 47.5 Å². The number of furan rings is 1. The number of benzene rings is 4. The summed E-state index contributed by atoms with van der Waals surface area (Å²) in [4.78, 5) is 13.2. The van der Waals surface area contributed by atoms with Gasteiger partial charge in [0.05, 0.1) is 5.58 Å². The van der Waals surface area contributed by atoms with Crippen LogP contribution in [0.25, 0.3) is 66.4 Å². The van der Waals surface area contributed by atoms with Crippen LogP contribution in [0.1, 0.15) is 16.7 Å². The topological polar surface area (TPSA) is 51.8 Å². The fourth-order valence-electron chi connectivity index (χ4n) is 5.47. The summed E-state index contributed by atoms with van der Waals surface area (Å²) >= 11 is 0. The Kier molecular flexibility index (Phi) is 8.66. The summed E-state index contributed by atoms with van der Waals surface area (Å²) in [6.45, 7) is 6.32. The third-order valence-electron chi connectivity index (χ3n) is 8.03. The summed E-state index contributed by atoms with van der Waals surface area (Å²) in [5.74, 6) is 0. The fourth-order valence-corrected chi connectivity index (χ4v) is 5.47. The Morgan fingerprint density at radius 3 is 2.24 bits per heavy atom. The van der Waals surface area contributed by atoms with E-state index in [1.165, 1.54) is 27.8 Å². The molecule has 5 heteroatoms. The normalized spacial score (nSPS) is 10.8. The Hall–Kier alpha value is -4.96. The maximum Gasteiger partial charge on any atom is 0.130 e. The second-order valence-electron chi connectivity index (χ2n) is 10.9. The van der Waals surface area contributed by atoms with Gasteiger partial charge in [0.2, 0.25) is 0 Å². The van der Waals surface area contributed by atoms with E-state index in [0.717, 1.165) is 55.2 Å². The summed E-state index contributed by atoms with van der Waals surface area (Å²) in [5, 5.41) is 4.31. The van der Waals surface area contributed by atoms with Crippen LogP contribution in [0.3, 0.4) is 0 Å². The molecule has 0 aliphatic carbocycles. The van der Waals surface area contributed by atoms with Crippen molar-refractivity contribution in [2.45, 2.75) is 20.8 Å². The van der Waals surface area contributed by atoms with Crippen LogP contribution in [-0.2, 0) is 20.1 Å². The van der Waals surface area contributed by atoms with Gasteiger partial charge in [-0.2, -0.15) is 0 Å². The molecule has 0 saturated carbocycles. The predicted molar refractivity (Wildman–Crippen MR) is 179 cm³/mol. The molecule has 0 bridgehead atoms. The molecule has 0 aliphatic heterocycles. The van der Waals surface area contributed by atoms with Crippen LogP contribution in [0.4, 0.5) is 0 Å². The van der Waals surface area contributed by atoms with E-state index in [-0.39, 0.29) is 20.1 Å². The second kappa shape index (κ2) is 13.0. The summed E-state index contributed by atoms with van der Waals surface area (Å²) in [6.07, 6.45) is 7.36. The third kappa shape index (κ3) is 5.93. The zero-order valence-electron chi connectivity index (χ0n) is 25.1. The Labute approximate surface area is 276 Å². The van der Waals surface area contributed by atoms with Gasteiger partial charge in [0.1, 0.15) is 5.58 Å². The van der Waals surface area contributed by atoms with Crippen LogP contribution in [0.2, 0.25) is 0 Å². The number of pyridine rings is 3. The van der Waals surface area contributed by atoms with Gasteiger partial charge in [-0.1, -0.05) is 89.7 Å². The Morgan fingerprint density at radius 1 is 0.622 bits per heavy atom. The first kappa shape index (κ1) is 30.1. The zero-order valence-corrected chi connectivity index (χ0v) is 27.5. The number of aryl methyl sites for hydroxylation is 3. The van der Waals surface area contributed by atoms with E-state index in [1.807, 2.05) is 54.9 Å². The molecule has 8 aromatic rings. The van der Waals surface area contributed by atoms with E-state index in [1.54, 1.807) is 12.4 Å². The molecule has 0 fully saturated rings. The van der Waals surface area contributed by atoms with Crippen LogP contribution in [0, 0.1) is 32.9 Å². The molecule has 0 amide bonds. The Morgan fingerprint density at radius 2 is 1.44 bits per heavy atom. The van der Waals surface area contributed by atoms with Gasteiger partial charge in [-0.3, -0.25) is 4.98 Å². The van der Waals surface area contributed by atoms with Crippen molar-refractivity contribution >= 4 is 32.7 Å². The number of nitrogens with zero attached hydrogens (tertiary/aromatic N) is 3. The molecule has 0 N–H and O–H groups in total. The molecule has 0 aliphatic rings. The molecule has 221 valence electrons. The number of hydrogen-bond donors (Lipinski definition) is 0. The van der Waals surface area contributed by atoms with E-state index in [4.69, 9.17) is 4.42 Å². The van der Waals surface area contributed by atoms with Gasteiger partial charge in [0, 0.05) is 55.7 Å². The first-order valence-electron chi connectivity index (χ1n) is 14.6. The number of fused-ring (bicyclic) bond motifs is 5. The van der Waals surface area contributed by atoms with Crippen molar-refractivity contribution < 1.29 is 24.5 Å². The number of hydrogen-bond acceptors (Lipinski definition) is 4. The molecule has 1 radical (unpaired) electrons. The first-order valence-corrected chi connectivity index (χ1v) is 14.6. The molecule has 45 heavy (non-hydrogen) atoms. The number of aromatic nitrogens is 3. The summed E-state index contributed by atoms with van der Waals surface area (Å²) in [6, 6.07) is 39.4. The molecule has 0 spiro atoms. The minimum atomic E-state index is 0. The SMILES string of the molecule is Cc1cnc(-c2[c-]cc(C)c(-c3ccccc3)c2)cc1C.[Ir].[c-]1ccc2c(oc3c4cnccc4ccc23)c1-c1ccccn1. The molecular weight excluding hydrogens is 731 g/mol. The van der Waals surface area contributed by atoms with Crippen LogP contribution < -0.4 is 0 Å².